The molecule has 0 aliphatic heterocycles. The maximum atomic E-state index is 13.8. The van der Waals surface area contributed by atoms with E-state index in [0.29, 0.717) is 12.2 Å². The van der Waals surface area contributed by atoms with Gasteiger partial charge in [-0.1, -0.05) is 50.2 Å². The van der Waals surface area contributed by atoms with E-state index in [4.69, 9.17) is 4.84 Å². The van der Waals surface area contributed by atoms with Crippen molar-refractivity contribution >= 4 is 11.6 Å². The molecule has 2 aromatic rings. The Morgan fingerprint density at radius 2 is 1.79 bits per heavy atom. The third kappa shape index (κ3) is 7.60. The first-order valence-electron chi connectivity index (χ1n) is 13.4. The van der Waals surface area contributed by atoms with Gasteiger partial charge in [0.05, 0.1) is 17.7 Å². The second kappa shape index (κ2) is 12.8. The van der Waals surface area contributed by atoms with Gasteiger partial charge in [0, 0.05) is 25.2 Å². The van der Waals surface area contributed by atoms with E-state index in [1.165, 1.54) is 24.7 Å². The average molecular weight is 530 g/mol. The minimum Gasteiger partial charge on any atom is -0.396 e. The number of hydrogen-bond acceptors (Lipinski definition) is 5. The minimum absolute atomic E-state index is 0.00880. The minimum atomic E-state index is -1.08. The van der Waals surface area contributed by atoms with Crippen molar-refractivity contribution < 1.29 is 23.5 Å². The molecule has 1 saturated carbocycles. The summed E-state index contributed by atoms with van der Waals surface area (Å²) in [5.74, 6) is -2.70. The molecule has 1 fully saturated rings. The van der Waals surface area contributed by atoms with Crippen molar-refractivity contribution in [3.8, 4) is 0 Å². The number of hydrogen-bond donors (Lipinski definition) is 3. The van der Waals surface area contributed by atoms with Crippen LogP contribution in [0.2, 0.25) is 0 Å². The van der Waals surface area contributed by atoms with Gasteiger partial charge in [0.1, 0.15) is 18.2 Å². The number of oxime groups is 1. The summed E-state index contributed by atoms with van der Waals surface area (Å²) in [6.45, 7) is 9.07. The third-order valence-corrected chi connectivity index (χ3v) is 7.36. The van der Waals surface area contributed by atoms with Crippen LogP contribution in [0, 0.1) is 17.6 Å². The molecule has 1 amide bonds. The summed E-state index contributed by atoms with van der Waals surface area (Å²) in [6, 6.07) is 11.7. The van der Waals surface area contributed by atoms with E-state index >= 15 is 0 Å². The largest absolute Gasteiger partial charge is 0.396 e. The highest BCUT2D eigenvalue weighted by molar-refractivity contribution is 5.85. The Balaban J connectivity index is 1.86. The highest BCUT2D eigenvalue weighted by atomic mass is 19.1. The molecule has 2 atom stereocenters. The van der Waals surface area contributed by atoms with Crippen molar-refractivity contribution in [1.82, 2.24) is 10.6 Å². The van der Waals surface area contributed by atoms with Gasteiger partial charge in [-0.25, -0.2) is 8.78 Å². The number of carbonyl (C=O) groups is 1. The summed E-state index contributed by atoms with van der Waals surface area (Å²) >= 11 is 0. The number of amides is 1. The molecule has 38 heavy (non-hydrogen) atoms. The normalized spacial score (nSPS) is 19.5. The lowest BCUT2D eigenvalue weighted by atomic mass is 9.74. The fourth-order valence-corrected chi connectivity index (χ4v) is 5.08. The molecule has 2 aromatic carbocycles. The molecule has 1 aliphatic carbocycles. The predicted molar refractivity (Wildman–Crippen MR) is 146 cm³/mol. The van der Waals surface area contributed by atoms with Crippen molar-refractivity contribution in [3.05, 3.63) is 70.8 Å². The van der Waals surface area contributed by atoms with Gasteiger partial charge in [-0.15, -0.1) is 0 Å². The van der Waals surface area contributed by atoms with Crippen LogP contribution in [-0.2, 0) is 27.0 Å². The maximum absolute atomic E-state index is 13.8. The Hall–Kier alpha value is -2.84. The smallest absolute Gasteiger partial charge is 0.225 e. The molecule has 1 aliphatic rings. The number of aliphatic hydroxyl groups excluding tert-OH is 1. The van der Waals surface area contributed by atoms with E-state index in [0.717, 1.165) is 43.0 Å². The van der Waals surface area contributed by atoms with Crippen molar-refractivity contribution in [3.63, 3.8) is 0 Å². The van der Waals surface area contributed by atoms with E-state index in [1.807, 2.05) is 6.92 Å². The van der Waals surface area contributed by atoms with Crippen LogP contribution in [0.1, 0.15) is 70.1 Å². The van der Waals surface area contributed by atoms with Crippen LogP contribution in [0.5, 0.6) is 0 Å². The zero-order valence-electron chi connectivity index (χ0n) is 23.1. The maximum Gasteiger partial charge on any atom is 0.225 e. The quantitative estimate of drug-likeness (QED) is 0.379. The lowest BCUT2D eigenvalue weighted by Gasteiger charge is -2.41. The first-order valence-corrected chi connectivity index (χ1v) is 13.4. The number of nitrogens with one attached hydrogen (secondary N) is 2. The van der Waals surface area contributed by atoms with Crippen LogP contribution in [-0.4, -0.2) is 43.0 Å². The van der Waals surface area contributed by atoms with Gasteiger partial charge < -0.3 is 20.6 Å². The summed E-state index contributed by atoms with van der Waals surface area (Å²) in [6.07, 6.45) is 1.91. The molecule has 208 valence electrons. The first kappa shape index (κ1) is 29.7. The third-order valence-electron chi connectivity index (χ3n) is 7.36. The molecule has 0 radical (unpaired) electrons. The fourth-order valence-electron chi connectivity index (χ4n) is 5.08. The summed E-state index contributed by atoms with van der Waals surface area (Å²) < 4.78 is 27.6. The molecule has 0 saturated heterocycles. The molecule has 0 heterocycles. The molecule has 3 rings (SSSR count). The standard InChI is InChI=1S/C30H41F2N3O3/c1-6-38-35-25-10-12-30(13-11-25,22-9-7-8-21(17-22)29(2,3)4)34-19-27(36)26(28(37)33-5)16-20-14-23(31)18-24(32)15-20/h7-9,14-15,17-18,26-27,34,36H,6,10-13,16,19H2,1-5H3,(H,33,37). The fraction of sp³-hybridized carbons (Fsp3) is 0.533. The summed E-state index contributed by atoms with van der Waals surface area (Å²) in [5.41, 5.74) is 3.19. The number of carbonyl (C=O) groups excluding carboxylic acids is 1. The van der Waals surface area contributed by atoms with Crippen LogP contribution >= 0.6 is 0 Å². The number of rotatable bonds is 10. The van der Waals surface area contributed by atoms with Gasteiger partial charge in [0.15, 0.2) is 0 Å². The van der Waals surface area contributed by atoms with Crippen LogP contribution < -0.4 is 10.6 Å². The lowest BCUT2D eigenvalue weighted by molar-refractivity contribution is -0.128. The molecule has 0 spiro atoms. The van der Waals surface area contributed by atoms with Crippen LogP contribution in [0.4, 0.5) is 8.78 Å². The Bertz CT molecular complexity index is 1100. The van der Waals surface area contributed by atoms with Crippen molar-refractivity contribution in [2.24, 2.45) is 11.1 Å². The van der Waals surface area contributed by atoms with Crippen molar-refractivity contribution in [2.45, 2.75) is 76.9 Å². The monoisotopic (exact) mass is 529 g/mol. The lowest BCUT2D eigenvalue weighted by Crippen LogP contribution is -2.51. The Kier molecular flexibility index (Phi) is 10.0. The van der Waals surface area contributed by atoms with Crippen LogP contribution in [0.25, 0.3) is 0 Å². The first-order chi connectivity index (χ1) is 18.0. The van der Waals surface area contributed by atoms with Crippen molar-refractivity contribution in [1.29, 1.82) is 0 Å². The Morgan fingerprint density at radius 1 is 1.13 bits per heavy atom. The highest BCUT2D eigenvalue weighted by Crippen LogP contribution is 2.38. The van der Waals surface area contributed by atoms with Gasteiger partial charge in [-0.05, 0) is 73.3 Å². The Morgan fingerprint density at radius 3 is 2.37 bits per heavy atom. The highest BCUT2D eigenvalue weighted by Gasteiger charge is 2.38. The Labute approximate surface area is 224 Å². The molecular formula is C30H41F2N3O3. The van der Waals surface area contributed by atoms with Crippen LogP contribution in [0.15, 0.2) is 47.6 Å². The van der Waals surface area contributed by atoms with Gasteiger partial charge in [-0.2, -0.15) is 0 Å². The summed E-state index contributed by atoms with van der Waals surface area (Å²) in [7, 11) is 1.49. The SMILES string of the molecule is CCON=C1CCC(NCC(O)C(Cc2cc(F)cc(F)c2)C(=O)NC)(c2cccc(C(C)(C)C)c2)CC1. The van der Waals surface area contributed by atoms with E-state index < -0.39 is 29.2 Å². The van der Waals surface area contributed by atoms with Crippen molar-refractivity contribution in [2.75, 3.05) is 20.2 Å². The summed E-state index contributed by atoms with van der Waals surface area (Å²) in [4.78, 5) is 18.0. The van der Waals surface area contributed by atoms with Gasteiger partial charge >= 0.3 is 0 Å². The van der Waals surface area contributed by atoms with Gasteiger partial charge in [-0.3, -0.25) is 4.79 Å². The second-order valence-electron chi connectivity index (χ2n) is 11.1. The molecule has 0 aromatic heterocycles. The van der Waals surface area contributed by atoms with Gasteiger partial charge in [0.2, 0.25) is 5.91 Å². The zero-order chi connectivity index (χ0) is 27.9. The predicted octanol–water partition coefficient (Wildman–Crippen LogP) is 4.98. The number of halogens is 2. The molecule has 2 unspecified atom stereocenters. The second-order valence-corrected chi connectivity index (χ2v) is 11.1. The number of benzene rings is 2. The van der Waals surface area contributed by atoms with E-state index in [9.17, 15) is 18.7 Å². The molecule has 0 bridgehead atoms. The molecule has 8 heteroatoms. The van der Waals surface area contributed by atoms with Crippen LogP contribution in [0.3, 0.4) is 0 Å². The molecule has 6 nitrogen and oxygen atoms in total. The zero-order valence-corrected chi connectivity index (χ0v) is 23.1. The topological polar surface area (TPSA) is 82.9 Å². The average Bonchev–Trinajstić information content (AvgIpc) is 2.88. The summed E-state index contributed by atoms with van der Waals surface area (Å²) in [5, 5.41) is 21.6. The number of nitrogens with zero attached hydrogens (tertiary/aromatic N) is 1. The van der Waals surface area contributed by atoms with E-state index in [2.05, 4.69) is 60.8 Å². The number of aliphatic hydroxyl groups is 1. The van der Waals surface area contributed by atoms with E-state index in [-0.39, 0.29) is 24.3 Å². The molecule has 3 N–H and O–H groups in total. The van der Waals surface area contributed by atoms with E-state index in [1.54, 1.807) is 0 Å². The van der Waals surface area contributed by atoms with Gasteiger partial charge in [0.25, 0.3) is 0 Å². The molecular weight excluding hydrogens is 488 g/mol.